The van der Waals surface area contributed by atoms with E-state index < -0.39 is 0 Å². The van der Waals surface area contributed by atoms with Crippen molar-refractivity contribution < 1.29 is 4.74 Å². The van der Waals surface area contributed by atoms with Crippen molar-refractivity contribution in [3.05, 3.63) is 60.4 Å². The zero-order valence-corrected chi connectivity index (χ0v) is 7.86. The van der Waals surface area contributed by atoms with Crippen molar-refractivity contribution in [1.29, 1.82) is 0 Å². The highest BCUT2D eigenvalue weighted by Gasteiger charge is 1.91. The molecule has 0 saturated carbocycles. The summed E-state index contributed by atoms with van der Waals surface area (Å²) in [4.78, 5) is 0. The highest BCUT2D eigenvalue weighted by atomic mass is 16.5. The maximum Gasteiger partial charge on any atom is 0.113 e. The molecule has 1 heteroatoms. The van der Waals surface area contributed by atoms with Gasteiger partial charge in [0.05, 0.1) is 5.76 Å². The highest BCUT2D eigenvalue weighted by molar-refractivity contribution is 5.14. The van der Waals surface area contributed by atoms with Crippen LogP contribution in [0.5, 0.6) is 0 Å². The fourth-order valence-corrected chi connectivity index (χ4v) is 0.985. The molecular weight excluding hydrogens is 160 g/mol. The summed E-state index contributed by atoms with van der Waals surface area (Å²) in [5, 5.41) is 0. The Kier molecular flexibility index (Phi) is 3.83. The summed E-state index contributed by atoms with van der Waals surface area (Å²) in [6, 6.07) is 10.1. The van der Waals surface area contributed by atoms with Gasteiger partial charge in [-0.05, 0) is 18.6 Å². The molecule has 1 rings (SSSR count). The molecule has 0 aliphatic heterocycles. The Morgan fingerprint density at radius 2 is 2.08 bits per heavy atom. The SMILES string of the molecule is C=CC=C(C)OCc1ccccc1. The van der Waals surface area contributed by atoms with Crippen LogP contribution in [0.1, 0.15) is 12.5 Å². The van der Waals surface area contributed by atoms with Crippen LogP contribution >= 0.6 is 0 Å². The fourth-order valence-electron chi connectivity index (χ4n) is 0.985. The summed E-state index contributed by atoms with van der Waals surface area (Å²) in [6.07, 6.45) is 3.57. The maximum atomic E-state index is 5.46. The van der Waals surface area contributed by atoms with E-state index in [1.165, 1.54) is 5.56 Å². The molecule has 0 radical (unpaired) electrons. The second kappa shape index (κ2) is 5.20. The normalized spacial score (nSPS) is 11.0. The third-order valence-electron chi connectivity index (χ3n) is 1.66. The predicted molar refractivity (Wildman–Crippen MR) is 55.2 cm³/mol. The first-order valence-corrected chi connectivity index (χ1v) is 4.29. The van der Waals surface area contributed by atoms with E-state index in [0.29, 0.717) is 6.61 Å². The van der Waals surface area contributed by atoms with Gasteiger partial charge >= 0.3 is 0 Å². The number of rotatable bonds is 4. The van der Waals surface area contributed by atoms with Crippen molar-refractivity contribution >= 4 is 0 Å². The molecule has 0 heterocycles. The molecule has 13 heavy (non-hydrogen) atoms. The van der Waals surface area contributed by atoms with Crippen LogP contribution in [0.4, 0.5) is 0 Å². The van der Waals surface area contributed by atoms with E-state index in [1.54, 1.807) is 6.08 Å². The van der Waals surface area contributed by atoms with E-state index in [9.17, 15) is 0 Å². The smallest absolute Gasteiger partial charge is 0.113 e. The Morgan fingerprint density at radius 1 is 1.38 bits per heavy atom. The van der Waals surface area contributed by atoms with E-state index in [1.807, 2.05) is 43.3 Å². The van der Waals surface area contributed by atoms with Gasteiger partial charge < -0.3 is 4.74 Å². The zero-order chi connectivity index (χ0) is 9.52. The molecule has 0 aliphatic rings. The molecular formula is C12H14O. The van der Waals surface area contributed by atoms with Crippen LogP contribution in [0.2, 0.25) is 0 Å². The van der Waals surface area contributed by atoms with E-state index in [0.717, 1.165) is 5.76 Å². The Labute approximate surface area is 79.4 Å². The molecule has 0 amide bonds. The van der Waals surface area contributed by atoms with E-state index >= 15 is 0 Å². The first kappa shape index (κ1) is 9.59. The Hall–Kier alpha value is -1.50. The summed E-state index contributed by atoms with van der Waals surface area (Å²) in [7, 11) is 0. The van der Waals surface area contributed by atoms with Crippen molar-refractivity contribution in [1.82, 2.24) is 0 Å². The zero-order valence-electron chi connectivity index (χ0n) is 7.86. The van der Waals surface area contributed by atoms with Crippen molar-refractivity contribution in [2.24, 2.45) is 0 Å². The van der Waals surface area contributed by atoms with Gasteiger partial charge in [0, 0.05) is 0 Å². The molecule has 0 unspecified atom stereocenters. The van der Waals surface area contributed by atoms with Crippen LogP contribution in [0, 0.1) is 0 Å². The van der Waals surface area contributed by atoms with Crippen LogP contribution in [-0.2, 0) is 11.3 Å². The van der Waals surface area contributed by atoms with Crippen LogP contribution in [0.3, 0.4) is 0 Å². The molecule has 1 aromatic carbocycles. The maximum absolute atomic E-state index is 5.46. The lowest BCUT2D eigenvalue weighted by atomic mass is 10.2. The average Bonchev–Trinajstić information content (AvgIpc) is 2.17. The van der Waals surface area contributed by atoms with Crippen LogP contribution in [0.15, 0.2) is 54.8 Å². The summed E-state index contributed by atoms with van der Waals surface area (Å²) in [6.45, 7) is 6.14. The van der Waals surface area contributed by atoms with Crippen molar-refractivity contribution in [3.8, 4) is 0 Å². The molecule has 0 fully saturated rings. The van der Waals surface area contributed by atoms with Crippen molar-refractivity contribution in [2.45, 2.75) is 13.5 Å². The fraction of sp³-hybridized carbons (Fsp3) is 0.167. The largest absolute Gasteiger partial charge is 0.494 e. The number of ether oxygens (including phenoxy) is 1. The van der Waals surface area contributed by atoms with Gasteiger partial charge in [-0.25, -0.2) is 0 Å². The van der Waals surface area contributed by atoms with Crippen LogP contribution in [-0.4, -0.2) is 0 Å². The molecule has 0 atom stereocenters. The lowest BCUT2D eigenvalue weighted by Gasteiger charge is -2.04. The summed E-state index contributed by atoms with van der Waals surface area (Å²) in [5.41, 5.74) is 1.18. The minimum atomic E-state index is 0.622. The van der Waals surface area contributed by atoms with Gasteiger partial charge in [0.15, 0.2) is 0 Å². The molecule has 0 aliphatic carbocycles. The van der Waals surface area contributed by atoms with Crippen molar-refractivity contribution in [2.75, 3.05) is 0 Å². The third-order valence-corrected chi connectivity index (χ3v) is 1.66. The summed E-state index contributed by atoms with van der Waals surface area (Å²) >= 11 is 0. The van der Waals surface area contributed by atoms with Crippen LogP contribution in [0.25, 0.3) is 0 Å². The molecule has 68 valence electrons. The monoisotopic (exact) mass is 174 g/mol. The average molecular weight is 174 g/mol. The number of benzene rings is 1. The lowest BCUT2D eigenvalue weighted by Crippen LogP contribution is -1.89. The first-order chi connectivity index (χ1) is 6.33. The van der Waals surface area contributed by atoms with Gasteiger partial charge in [0.2, 0.25) is 0 Å². The Balaban J connectivity index is 2.44. The van der Waals surface area contributed by atoms with Crippen molar-refractivity contribution in [3.63, 3.8) is 0 Å². The summed E-state index contributed by atoms with van der Waals surface area (Å²) in [5.74, 6) is 0.888. The minimum Gasteiger partial charge on any atom is -0.494 e. The third kappa shape index (κ3) is 3.61. The standard InChI is InChI=1S/C12H14O/c1-3-7-11(2)13-10-12-8-5-4-6-9-12/h3-9H,1,10H2,2H3. The number of hydrogen-bond donors (Lipinski definition) is 0. The molecule has 0 saturated heterocycles. The highest BCUT2D eigenvalue weighted by Crippen LogP contribution is 2.04. The molecule has 0 N–H and O–H groups in total. The van der Waals surface area contributed by atoms with Gasteiger partial charge in [-0.1, -0.05) is 43.0 Å². The second-order valence-corrected chi connectivity index (χ2v) is 2.79. The molecule has 0 bridgehead atoms. The van der Waals surface area contributed by atoms with Gasteiger partial charge in [0.1, 0.15) is 6.61 Å². The van der Waals surface area contributed by atoms with Gasteiger partial charge in [-0.2, -0.15) is 0 Å². The Morgan fingerprint density at radius 3 is 2.69 bits per heavy atom. The van der Waals surface area contributed by atoms with E-state index in [4.69, 9.17) is 4.74 Å². The van der Waals surface area contributed by atoms with E-state index in [2.05, 4.69) is 6.58 Å². The summed E-state index contributed by atoms with van der Waals surface area (Å²) < 4.78 is 5.46. The van der Waals surface area contributed by atoms with Gasteiger partial charge in [-0.15, -0.1) is 0 Å². The molecule has 0 spiro atoms. The molecule has 1 nitrogen and oxygen atoms in total. The van der Waals surface area contributed by atoms with Crippen LogP contribution < -0.4 is 0 Å². The predicted octanol–water partition coefficient (Wildman–Crippen LogP) is 3.29. The van der Waals surface area contributed by atoms with Gasteiger partial charge in [0.25, 0.3) is 0 Å². The first-order valence-electron chi connectivity index (χ1n) is 4.29. The topological polar surface area (TPSA) is 9.23 Å². The lowest BCUT2D eigenvalue weighted by molar-refractivity contribution is 0.201. The molecule has 0 aromatic heterocycles. The second-order valence-electron chi connectivity index (χ2n) is 2.79. The van der Waals surface area contributed by atoms with E-state index in [-0.39, 0.29) is 0 Å². The number of allylic oxidation sites excluding steroid dienone is 3. The Bertz CT molecular complexity index is 285. The minimum absolute atomic E-state index is 0.622. The van der Waals surface area contributed by atoms with Gasteiger partial charge in [-0.3, -0.25) is 0 Å². The number of hydrogen-bond acceptors (Lipinski definition) is 1. The quantitative estimate of drug-likeness (QED) is 0.502. The molecule has 1 aromatic rings.